The van der Waals surface area contributed by atoms with E-state index in [0.717, 1.165) is 24.5 Å². The Hall–Kier alpha value is -1.07. The van der Waals surface area contributed by atoms with Crippen LogP contribution in [0.4, 0.5) is 5.82 Å². The molecule has 0 aliphatic rings. The van der Waals surface area contributed by atoms with Crippen LogP contribution in [-0.4, -0.2) is 41.3 Å². The molecular formula is C11H21N3O2. The first-order valence-electron chi connectivity index (χ1n) is 5.58. The molecule has 0 bridgehead atoms. The molecule has 0 amide bonds. The van der Waals surface area contributed by atoms with Crippen LogP contribution in [0, 0.1) is 6.92 Å². The molecule has 0 saturated heterocycles. The van der Waals surface area contributed by atoms with Crippen LogP contribution < -0.4 is 5.32 Å². The number of aliphatic hydroxyl groups excluding tert-OH is 1. The lowest BCUT2D eigenvalue weighted by Crippen LogP contribution is -2.20. The molecule has 1 atom stereocenters. The lowest BCUT2D eigenvalue weighted by molar-refractivity contribution is 0.191. The predicted octanol–water partition coefficient (Wildman–Crippen LogP) is 1.02. The number of rotatable bonds is 7. The van der Waals surface area contributed by atoms with Crippen molar-refractivity contribution in [3.63, 3.8) is 0 Å². The summed E-state index contributed by atoms with van der Waals surface area (Å²) in [5, 5.41) is 16.6. The van der Waals surface area contributed by atoms with Gasteiger partial charge in [-0.3, -0.25) is 0 Å². The van der Waals surface area contributed by atoms with Gasteiger partial charge in [-0.05, 0) is 20.3 Å². The van der Waals surface area contributed by atoms with Crippen molar-refractivity contribution in [2.75, 3.05) is 25.6 Å². The monoisotopic (exact) mass is 227 g/mol. The standard InChI is InChI=1S/C11H21N3O2/c1-9(4-7-16-3)12-11-8-10(2)13-14(11)5-6-15/h8-9,12,15H,4-7H2,1-3H3. The van der Waals surface area contributed by atoms with E-state index in [1.54, 1.807) is 11.8 Å². The van der Waals surface area contributed by atoms with Crippen LogP contribution in [0.2, 0.25) is 0 Å². The fourth-order valence-corrected chi connectivity index (χ4v) is 1.55. The Morgan fingerprint density at radius 1 is 1.62 bits per heavy atom. The highest BCUT2D eigenvalue weighted by Gasteiger charge is 2.08. The van der Waals surface area contributed by atoms with Crippen LogP contribution in [0.15, 0.2) is 6.07 Å². The molecule has 1 heterocycles. The number of aryl methyl sites for hydroxylation is 1. The van der Waals surface area contributed by atoms with Crippen molar-refractivity contribution in [1.29, 1.82) is 0 Å². The summed E-state index contributed by atoms with van der Waals surface area (Å²) >= 11 is 0. The van der Waals surface area contributed by atoms with E-state index in [9.17, 15) is 0 Å². The number of aliphatic hydroxyl groups is 1. The average Bonchev–Trinajstić information content (AvgIpc) is 2.56. The molecule has 1 aromatic heterocycles. The maximum absolute atomic E-state index is 8.92. The Balaban J connectivity index is 2.57. The smallest absolute Gasteiger partial charge is 0.124 e. The van der Waals surface area contributed by atoms with E-state index in [-0.39, 0.29) is 6.61 Å². The predicted molar refractivity (Wildman–Crippen MR) is 63.6 cm³/mol. The number of hydrogen-bond acceptors (Lipinski definition) is 4. The van der Waals surface area contributed by atoms with Crippen LogP contribution in [0.3, 0.4) is 0 Å². The molecular weight excluding hydrogens is 206 g/mol. The Kier molecular flexibility index (Phi) is 5.28. The van der Waals surface area contributed by atoms with Gasteiger partial charge in [-0.15, -0.1) is 0 Å². The highest BCUT2D eigenvalue weighted by atomic mass is 16.5. The van der Waals surface area contributed by atoms with E-state index < -0.39 is 0 Å². The summed E-state index contributed by atoms with van der Waals surface area (Å²) in [6.45, 7) is 5.40. The van der Waals surface area contributed by atoms with Crippen molar-refractivity contribution in [2.45, 2.75) is 32.9 Å². The van der Waals surface area contributed by atoms with Crippen molar-refractivity contribution in [3.8, 4) is 0 Å². The van der Waals surface area contributed by atoms with E-state index in [4.69, 9.17) is 9.84 Å². The van der Waals surface area contributed by atoms with Crippen LogP contribution in [-0.2, 0) is 11.3 Å². The van der Waals surface area contributed by atoms with Crippen LogP contribution in [0.25, 0.3) is 0 Å². The largest absolute Gasteiger partial charge is 0.394 e. The van der Waals surface area contributed by atoms with Crippen molar-refractivity contribution in [1.82, 2.24) is 9.78 Å². The van der Waals surface area contributed by atoms with Crippen molar-refractivity contribution >= 4 is 5.82 Å². The van der Waals surface area contributed by atoms with Crippen LogP contribution in [0.5, 0.6) is 0 Å². The zero-order chi connectivity index (χ0) is 12.0. The molecule has 5 heteroatoms. The second-order valence-corrected chi connectivity index (χ2v) is 3.94. The van der Waals surface area contributed by atoms with Gasteiger partial charge in [0.05, 0.1) is 18.8 Å². The second-order valence-electron chi connectivity index (χ2n) is 3.94. The highest BCUT2D eigenvalue weighted by Crippen LogP contribution is 2.12. The minimum atomic E-state index is 0.0995. The fourth-order valence-electron chi connectivity index (χ4n) is 1.55. The maximum Gasteiger partial charge on any atom is 0.124 e. The lowest BCUT2D eigenvalue weighted by atomic mass is 10.2. The Morgan fingerprint density at radius 2 is 2.38 bits per heavy atom. The number of aromatic nitrogens is 2. The topological polar surface area (TPSA) is 59.3 Å². The van der Waals surface area contributed by atoms with Gasteiger partial charge in [0.1, 0.15) is 5.82 Å². The highest BCUT2D eigenvalue weighted by molar-refractivity contribution is 5.37. The molecule has 92 valence electrons. The molecule has 0 fully saturated rings. The molecule has 0 saturated carbocycles. The first-order valence-corrected chi connectivity index (χ1v) is 5.58. The summed E-state index contributed by atoms with van der Waals surface area (Å²) < 4.78 is 6.82. The summed E-state index contributed by atoms with van der Waals surface area (Å²) in [6.07, 6.45) is 0.944. The quantitative estimate of drug-likeness (QED) is 0.730. The third kappa shape index (κ3) is 3.83. The molecule has 0 radical (unpaired) electrons. The number of hydrogen-bond donors (Lipinski definition) is 2. The Bertz CT molecular complexity index is 312. The van der Waals surface area contributed by atoms with Gasteiger partial charge in [0, 0.05) is 25.8 Å². The lowest BCUT2D eigenvalue weighted by Gasteiger charge is -2.15. The van der Waals surface area contributed by atoms with Crippen molar-refractivity contribution < 1.29 is 9.84 Å². The summed E-state index contributed by atoms with van der Waals surface area (Å²) in [5.41, 5.74) is 0.954. The molecule has 0 spiro atoms. The Morgan fingerprint density at radius 3 is 3.00 bits per heavy atom. The first kappa shape index (κ1) is 13.0. The zero-order valence-corrected chi connectivity index (χ0v) is 10.2. The number of methoxy groups -OCH3 is 1. The summed E-state index contributed by atoms with van der Waals surface area (Å²) in [5.74, 6) is 0.954. The number of ether oxygens (including phenoxy) is 1. The van der Waals surface area contributed by atoms with Crippen LogP contribution in [0.1, 0.15) is 19.0 Å². The van der Waals surface area contributed by atoms with Gasteiger partial charge >= 0.3 is 0 Å². The molecule has 1 unspecified atom stereocenters. The van der Waals surface area contributed by atoms with Gasteiger partial charge in [0.25, 0.3) is 0 Å². The van der Waals surface area contributed by atoms with E-state index in [1.807, 2.05) is 13.0 Å². The molecule has 0 aliphatic heterocycles. The average molecular weight is 227 g/mol. The van der Waals surface area contributed by atoms with E-state index >= 15 is 0 Å². The van der Waals surface area contributed by atoms with Gasteiger partial charge < -0.3 is 15.2 Å². The molecule has 2 N–H and O–H groups in total. The first-order chi connectivity index (χ1) is 7.67. The molecule has 0 aliphatic carbocycles. The van der Waals surface area contributed by atoms with Gasteiger partial charge in [-0.25, -0.2) is 4.68 Å². The van der Waals surface area contributed by atoms with Gasteiger partial charge in [-0.1, -0.05) is 0 Å². The van der Waals surface area contributed by atoms with Crippen LogP contribution >= 0.6 is 0 Å². The van der Waals surface area contributed by atoms with E-state index in [0.29, 0.717) is 12.6 Å². The van der Waals surface area contributed by atoms with Crippen molar-refractivity contribution in [3.05, 3.63) is 11.8 Å². The summed E-state index contributed by atoms with van der Waals surface area (Å²) in [6, 6.07) is 2.31. The normalized spacial score (nSPS) is 12.8. The summed E-state index contributed by atoms with van der Waals surface area (Å²) in [4.78, 5) is 0. The van der Waals surface area contributed by atoms with Crippen molar-refractivity contribution in [2.24, 2.45) is 0 Å². The fraction of sp³-hybridized carbons (Fsp3) is 0.727. The minimum Gasteiger partial charge on any atom is -0.394 e. The third-order valence-electron chi connectivity index (χ3n) is 2.36. The minimum absolute atomic E-state index is 0.0995. The SMILES string of the molecule is COCCC(C)Nc1cc(C)nn1CCO. The number of nitrogens with zero attached hydrogens (tertiary/aromatic N) is 2. The number of nitrogens with one attached hydrogen (secondary N) is 1. The van der Waals surface area contributed by atoms with Gasteiger partial charge in [0.2, 0.25) is 0 Å². The number of anilines is 1. The van der Waals surface area contributed by atoms with Gasteiger partial charge in [0.15, 0.2) is 0 Å². The van der Waals surface area contributed by atoms with E-state index in [2.05, 4.69) is 17.3 Å². The summed E-state index contributed by atoms with van der Waals surface area (Å²) in [7, 11) is 1.70. The molecule has 0 aromatic carbocycles. The maximum atomic E-state index is 8.92. The third-order valence-corrected chi connectivity index (χ3v) is 2.36. The van der Waals surface area contributed by atoms with Gasteiger partial charge in [-0.2, -0.15) is 5.10 Å². The zero-order valence-electron chi connectivity index (χ0n) is 10.2. The Labute approximate surface area is 96.4 Å². The molecule has 5 nitrogen and oxygen atoms in total. The molecule has 1 rings (SSSR count). The molecule has 16 heavy (non-hydrogen) atoms. The van der Waals surface area contributed by atoms with E-state index in [1.165, 1.54) is 0 Å². The molecule has 1 aromatic rings. The second kappa shape index (κ2) is 6.50.